The van der Waals surface area contributed by atoms with Crippen LogP contribution >= 0.6 is 0 Å². The van der Waals surface area contributed by atoms with E-state index in [1.54, 1.807) is 0 Å². The summed E-state index contributed by atoms with van der Waals surface area (Å²) < 4.78 is 0. The fourth-order valence-corrected chi connectivity index (χ4v) is 3.00. The first-order valence-electron chi connectivity index (χ1n) is 8.95. The van der Waals surface area contributed by atoms with Gasteiger partial charge in [-0.2, -0.15) is 0 Å². The quantitative estimate of drug-likeness (QED) is 0.767. The van der Waals surface area contributed by atoms with Crippen LogP contribution in [0.2, 0.25) is 0 Å². The Labute approximate surface area is 144 Å². The van der Waals surface area contributed by atoms with Crippen LogP contribution in [-0.2, 0) is 16.1 Å². The molecule has 1 aromatic rings. The van der Waals surface area contributed by atoms with Crippen LogP contribution in [0.15, 0.2) is 30.3 Å². The van der Waals surface area contributed by atoms with Crippen molar-refractivity contribution in [2.24, 2.45) is 0 Å². The smallest absolute Gasteiger partial charge is 0.237 e. The van der Waals surface area contributed by atoms with Gasteiger partial charge in [-0.3, -0.25) is 14.5 Å². The van der Waals surface area contributed by atoms with Gasteiger partial charge in [0.2, 0.25) is 11.8 Å². The van der Waals surface area contributed by atoms with Gasteiger partial charge in [-0.15, -0.1) is 0 Å². The maximum Gasteiger partial charge on any atom is 0.237 e. The lowest BCUT2D eigenvalue weighted by molar-refractivity contribution is -0.126. The van der Waals surface area contributed by atoms with Crippen LogP contribution in [0.3, 0.4) is 0 Å². The minimum Gasteiger partial charge on any atom is -0.354 e. The van der Waals surface area contributed by atoms with E-state index in [1.807, 2.05) is 32.0 Å². The molecule has 1 aliphatic rings. The largest absolute Gasteiger partial charge is 0.354 e. The summed E-state index contributed by atoms with van der Waals surface area (Å²) in [5.41, 5.74) is 1.23. The fourth-order valence-electron chi connectivity index (χ4n) is 3.00. The zero-order valence-electron chi connectivity index (χ0n) is 14.8. The van der Waals surface area contributed by atoms with E-state index in [1.165, 1.54) is 5.56 Å². The van der Waals surface area contributed by atoms with E-state index in [2.05, 4.69) is 27.7 Å². The number of benzene rings is 1. The molecule has 1 saturated heterocycles. The Morgan fingerprint density at radius 1 is 1.29 bits per heavy atom. The molecule has 2 amide bonds. The molecule has 24 heavy (non-hydrogen) atoms. The molecule has 5 nitrogen and oxygen atoms in total. The average Bonchev–Trinajstić information content (AvgIpc) is 3.03. The van der Waals surface area contributed by atoms with Crippen molar-refractivity contribution in [3.63, 3.8) is 0 Å². The molecule has 0 aromatic heterocycles. The second kappa shape index (κ2) is 9.42. The molecule has 0 radical (unpaired) electrons. The molecule has 1 fully saturated rings. The van der Waals surface area contributed by atoms with Crippen molar-refractivity contribution < 1.29 is 9.59 Å². The van der Waals surface area contributed by atoms with Crippen LogP contribution in [0.5, 0.6) is 0 Å². The van der Waals surface area contributed by atoms with Crippen LogP contribution in [-0.4, -0.2) is 41.9 Å². The number of rotatable bonds is 8. The molecule has 1 aliphatic heterocycles. The monoisotopic (exact) mass is 331 g/mol. The summed E-state index contributed by atoms with van der Waals surface area (Å²) in [6.07, 6.45) is 3.17. The van der Waals surface area contributed by atoms with E-state index in [4.69, 9.17) is 0 Å². The van der Waals surface area contributed by atoms with Crippen molar-refractivity contribution in [3.05, 3.63) is 35.9 Å². The Kier molecular flexibility index (Phi) is 7.25. The lowest BCUT2D eigenvalue weighted by Crippen LogP contribution is -2.44. The molecule has 0 unspecified atom stereocenters. The molecule has 5 heteroatoms. The minimum absolute atomic E-state index is 0.00258. The highest BCUT2D eigenvalue weighted by Crippen LogP contribution is 2.20. The average molecular weight is 331 g/mol. The molecule has 1 heterocycles. The maximum absolute atomic E-state index is 12.4. The normalized spacial score (nSPS) is 19.0. The maximum atomic E-state index is 12.4. The molecule has 2 atom stereocenters. The number of amides is 2. The van der Waals surface area contributed by atoms with Gasteiger partial charge in [-0.25, -0.2) is 0 Å². The van der Waals surface area contributed by atoms with Gasteiger partial charge in [-0.05, 0) is 38.3 Å². The summed E-state index contributed by atoms with van der Waals surface area (Å²) in [5.74, 6) is 0.0389. The summed E-state index contributed by atoms with van der Waals surface area (Å²) in [5, 5.41) is 5.83. The van der Waals surface area contributed by atoms with Gasteiger partial charge in [0.15, 0.2) is 0 Å². The van der Waals surface area contributed by atoms with E-state index in [0.29, 0.717) is 13.0 Å². The van der Waals surface area contributed by atoms with E-state index in [-0.39, 0.29) is 23.9 Å². The van der Waals surface area contributed by atoms with Crippen molar-refractivity contribution in [1.82, 2.24) is 15.5 Å². The Bertz CT molecular complexity index is 533. The molecule has 132 valence electrons. The Morgan fingerprint density at radius 2 is 2.04 bits per heavy atom. The highest BCUT2D eigenvalue weighted by molar-refractivity contribution is 5.83. The fraction of sp³-hybridized carbons (Fsp3) is 0.579. The zero-order valence-corrected chi connectivity index (χ0v) is 14.8. The van der Waals surface area contributed by atoms with Gasteiger partial charge < -0.3 is 10.6 Å². The van der Waals surface area contributed by atoms with Crippen LogP contribution in [0.1, 0.15) is 45.1 Å². The lowest BCUT2D eigenvalue weighted by Gasteiger charge is -2.23. The van der Waals surface area contributed by atoms with Crippen molar-refractivity contribution in [2.45, 2.75) is 58.2 Å². The minimum atomic E-state index is -0.0807. The second-order valence-electron chi connectivity index (χ2n) is 6.53. The summed E-state index contributed by atoms with van der Waals surface area (Å²) >= 11 is 0. The summed E-state index contributed by atoms with van der Waals surface area (Å²) in [6.45, 7) is 6.16. The molecule has 1 aromatic carbocycles. The standard InChI is InChI=1S/C19H29N3O2/c1-3-15(2)21-18(23)11-12-20-19(24)17-10-7-13-22(17)14-16-8-5-4-6-9-16/h4-6,8-9,15,17H,3,7,10-14H2,1-2H3,(H,20,24)(H,21,23)/t15-,17+/m1/s1. The molecular weight excluding hydrogens is 302 g/mol. The number of carbonyl (C=O) groups is 2. The highest BCUT2D eigenvalue weighted by atomic mass is 16.2. The summed E-state index contributed by atoms with van der Waals surface area (Å²) in [4.78, 5) is 26.4. The van der Waals surface area contributed by atoms with Gasteiger partial charge in [-0.1, -0.05) is 37.3 Å². The predicted octanol–water partition coefficient (Wildman–Crippen LogP) is 2.07. The van der Waals surface area contributed by atoms with Crippen LogP contribution < -0.4 is 10.6 Å². The highest BCUT2D eigenvalue weighted by Gasteiger charge is 2.30. The van der Waals surface area contributed by atoms with Gasteiger partial charge in [0.1, 0.15) is 0 Å². The number of nitrogens with one attached hydrogen (secondary N) is 2. The third-order valence-corrected chi connectivity index (χ3v) is 4.57. The van der Waals surface area contributed by atoms with Gasteiger partial charge in [0, 0.05) is 25.6 Å². The number of carbonyl (C=O) groups excluding carboxylic acids is 2. The topological polar surface area (TPSA) is 61.4 Å². The molecule has 0 bridgehead atoms. The molecule has 0 saturated carbocycles. The number of nitrogens with zero attached hydrogens (tertiary/aromatic N) is 1. The van der Waals surface area contributed by atoms with E-state index < -0.39 is 0 Å². The van der Waals surface area contributed by atoms with Crippen LogP contribution in [0, 0.1) is 0 Å². The molecule has 2 N–H and O–H groups in total. The number of hydrogen-bond acceptors (Lipinski definition) is 3. The van der Waals surface area contributed by atoms with E-state index in [0.717, 1.165) is 32.4 Å². The van der Waals surface area contributed by atoms with Gasteiger partial charge in [0.25, 0.3) is 0 Å². The van der Waals surface area contributed by atoms with Crippen molar-refractivity contribution in [3.8, 4) is 0 Å². The number of hydrogen-bond donors (Lipinski definition) is 2. The SMILES string of the molecule is CC[C@@H](C)NC(=O)CCNC(=O)[C@@H]1CCCN1Cc1ccccc1. The van der Waals surface area contributed by atoms with Crippen LogP contribution in [0.4, 0.5) is 0 Å². The zero-order chi connectivity index (χ0) is 17.4. The first-order chi connectivity index (χ1) is 11.6. The molecular formula is C19H29N3O2. The lowest BCUT2D eigenvalue weighted by atomic mass is 10.1. The molecule has 0 aliphatic carbocycles. The van der Waals surface area contributed by atoms with E-state index in [9.17, 15) is 9.59 Å². The Morgan fingerprint density at radius 3 is 2.75 bits per heavy atom. The third-order valence-electron chi connectivity index (χ3n) is 4.57. The second-order valence-corrected chi connectivity index (χ2v) is 6.53. The van der Waals surface area contributed by atoms with Crippen molar-refractivity contribution >= 4 is 11.8 Å². The van der Waals surface area contributed by atoms with Crippen molar-refractivity contribution in [1.29, 1.82) is 0 Å². The van der Waals surface area contributed by atoms with E-state index >= 15 is 0 Å². The Hall–Kier alpha value is -1.88. The van der Waals surface area contributed by atoms with Crippen LogP contribution in [0.25, 0.3) is 0 Å². The molecule has 0 spiro atoms. The van der Waals surface area contributed by atoms with Crippen molar-refractivity contribution in [2.75, 3.05) is 13.1 Å². The number of likely N-dealkylation sites (tertiary alicyclic amines) is 1. The first kappa shape index (κ1) is 18.5. The predicted molar refractivity (Wildman–Crippen MR) is 95.4 cm³/mol. The summed E-state index contributed by atoms with van der Waals surface area (Å²) in [6, 6.07) is 10.3. The van der Waals surface area contributed by atoms with Gasteiger partial charge in [0.05, 0.1) is 6.04 Å². The Balaban J connectivity index is 1.75. The summed E-state index contributed by atoms with van der Waals surface area (Å²) in [7, 11) is 0. The molecule has 2 rings (SSSR count). The first-order valence-corrected chi connectivity index (χ1v) is 8.95. The third kappa shape index (κ3) is 5.64. The van der Waals surface area contributed by atoms with Gasteiger partial charge >= 0.3 is 0 Å².